The van der Waals surface area contributed by atoms with E-state index in [-0.39, 0.29) is 0 Å². The Balaban J connectivity index is 2.05. The van der Waals surface area contributed by atoms with Crippen LogP contribution in [0.2, 0.25) is 0 Å². The summed E-state index contributed by atoms with van der Waals surface area (Å²) in [5, 5.41) is 8.51. The van der Waals surface area contributed by atoms with Gasteiger partial charge in [-0.05, 0) is 34.3 Å². The van der Waals surface area contributed by atoms with Crippen LogP contribution in [0.15, 0.2) is 28.3 Å². The lowest BCUT2D eigenvalue weighted by Gasteiger charge is -2.15. The Morgan fingerprint density at radius 3 is 2.83 bits per heavy atom. The van der Waals surface area contributed by atoms with Crippen molar-refractivity contribution in [2.45, 2.75) is 19.4 Å². The minimum Gasteiger partial charge on any atom is -0.372 e. The molecule has 2 rings (SSSR count). The third kappa shape index (κ3) is 3.20. The first-order valence-corrected chi connectivity index (χ1v) is 7.35. The largest absolute Gasteiger partial charge is 0.372 e. The molecule has 0 saturated heterocycles. The quantitative estimate of drug-likeness (QED) is 0.884. The summed E-state index contributed by atoms with van der Waals surface area (Å²) in [5.74, 6) is 1.61. The number of anilines is 2. The minimum absolute atomic E-state index is 0.319. The summed E-state index contributed by atoms with van der Waals surface area (Å²) < 4.78 is 0.866. The van der Waals surface area contributed by atoms with E-state index < -0.39 is 0 Å². The number of rotatable bonds is 5. The van der Waals surface area contributed by atoms with Crippen molar-refractivity contribution < 1.29 is 0 Å². The van der Waals surface area contributed by atoms with Gasteiger partial charge in [0.25, 0.3) is 0 Å². The molecular weight excluding hydrogens is 312 g/mol. The summed E-state index contributed by atoms with van der Waals surface area (Å²) >= 11 is 5.28. The summed E-state index contributed by atoms with van der Waals surface area (Å²) in [4.78, 5) is 9.75. The maximum absolute atomic E-state index is 4.25. The van der Waals surface area contributed by atoms with Crippen LogP contribution in [0.1, 0.15) is 11.8 Å². The van der Waals surface area contributed by atoms with E-state index in [1.807, 2.05) is 7.05 Å². The molecule has 1 atom stereocenters. The van der Waals surface area contributed by atoms with E-state index in [2.05, 4.69) is 61.0 Å². The molecule has 0 bridgehead atoms. The van der Waals surface area contributed by atoms with Crippen molar-refractivity contribution in [3.8, 4) is 0 Å². The molecule has 0 radical (unpaired) electrons. The van der Waals surface area contributed by atoms with E-state index in [0.29, 0.717) is 6.04 Å². The van der Waals surface area contributed by atoms with Gasteiger partial charge in [-0.25, -0.2) is 9.97 Å². The van der Waals surface area contributed by atoms with E-state index in [4.69, 9.17) is 0 Å². The van der Waals surface area contributed by atoms with Crippen LogP contribution >= 0.6 is 27.3 Å². The van der Waals surface area contributed by atoms with Crippen molar-refractivity contribution in [2.75, 3.05) is 17.7 Å². The standard InChI is InChI=1S/C12H15BrN4S/c1-8(6-9-4-3-5-18-9)17-12-10(13)11(14-2)15-7-16-12/h3-5,7-8H,6H2,1-2H3,(H2,14,15,16,17). The summed E-state index contributed by atoms with van der Waals surface area (Å²) in [7, 11) is 1.84. The van der Waals surface area contributed by atoms with Crippen molar-refractivity contribution >= 4 is 38.9 Å². The van der Waals surface area contributed by atoms with Crippen LogP contribution < -0.4 is 10.6 Å². The summed E-state index contributed by atoms with van der Waals surface area (Å²) in [6, 6.07) is 4.54. The van der Waals surface area contributed by atoms with Crippen molar-refractivity contribution in [3.63, 3.8) is 0 Å². The van der Waals surface area contributed by atoms with Crippen LogP contribution in [-0.2, 0) is 6.42 Å². The van der Waals surface area contributed by atoms with Crippen molar-refractivity contribution in [3.05, 3.63) is 33.2 Å². The molecule has 0 amide bonds. The van der Waals surface area contributed by atoms with Crippen LogP contribution in [0.5, 0.6) is 0 Å². The molecule has 2 heterocycles. The Bertz CT molecular complexity index is 501. The summed E-state index contributed by atoms with van der Waals surface area (Å²) in [6.07, 6.45) is 2.54. The Kier molecular flexibility index (Phi) is 4.54. The third-order valence-corrected chi connectivity index (χ3v) is 4.15. The molecule has 18 heavy (non-hydrogen) atoms. The molecule has 0 aliphatic carbocycles. The van der Waals surface area contributed by atoms with E-state index in [9.17, 15) is 0 Å². The first-order chi connectivity index (χ1) is 8.70. The molecule has 0 aliphatic rings. The molecule has 96 valence electrons. The molecule has 2 N–H and O–H groups in total. The highest BCUT2D eigenvalue weighted by atomic mass is 79.9. The molecule has 0 fully saturated rings. The van der Waals surface area contributed by atoms with Crippen molar-refractivity contribution in [2.24, 2.45) is 0 Å². The highest BCUT2D eigenvalue weighted by Crippen LogP contribution is 2.26. The maximum atomic E-state index is 4.25. The zero-order valence-electron chi connectivity index (χ0n) is 10.3. The van der Waals surface area contributed by atoms with Gasteiger partial charge in [-0.1, -0.05) is 6.07 Å². The fraction of sp³-hybridized carbons (Fsp3) is 0.333. The lowest BCUT2D eigenvalue weighted by Crippen LogP contribution is -2.19. The molecular formula is C12H15BrN4S. The number of halogens is 1. The zero-order valence-corrected chi connectivity index (χ0v) is 12.7. The smallest absolute Gasteiger partial charge is 0.146 e. The van der Waals surface area contributed by atoms with Crippen LogP contribution in [-0.4, -0.2) is 23.1 Å². The molecule has 0 aliphatic heterocycles. The monoisotopic (exact) mass is 326 g/mol. The third-order valence-electron chi connectivity index (χ3n) is 2.50. The van der Waals surface area contributed by atoms with E-state index in [1.165, 1.54) is 4.88 Å². The van der Waals surface area contributed by atoms with Crippen LogP contribution in [0.25, 0.3) is 0 Å². The van der Waals surface area contributed by atoms with Gasteiger partial charge in [0.2, 0.25) is 0 Å². The number of hydrogen-bond acceptors (Lipinski definition) is 5. The van der Waals surface area contributed by atoms with Gasteiger partial charge in [-0.3, -0.25) is 0 Å². The Hall–Kier alpha value is -1.14. The number of aromatic nitrogens is 2. The van der Waals surface area contributed by atoms with Gasteiger partial charge in [0.05, 0.1) is 0 Å². The molecule has 2 aromatic heterocycles. The van der Waals surface area contributed by atoms with Gasteiger partial charge in [-0.15, -0.1) is 11.3 Å². The Morgan fingerprint density at radius 1 is 1.39 bits per heavy atom. The fourth-order valence-corrected chi connectivity index (χ4v) is 3.01. The molecule has 1 unspecified atom stereocenters. The van der Waals surface area contributed by atoms with Crippen LogP contribution in [0, 0.1) is 0 Å². The number of nitrogens with one attached hydrogen (secondary N) is 2. The Morgan fingerprint density at radius 2 is 2.17 bits per heavy atom. The molecule has 2 aromatic rings. The molecule has 4 nitrogen and oxygen atoms in total. The SMILES string of the molecule is CNc1ncnc(NC(C)Cc2cccs2)c1Br. The molecule has 6 heteroatoms. The summed E-state index contributed by atoms with van der Waals surface area (Å²) in [5.41, 5.74) is 0. The van der Waals surface area contributed by atoms with Gasteiger partial charge in [0.15, 0.2) is 0 Å². The van der Waals surface area contributed by atoms with Gasteiger partial charge >= 0.3 is 0 Å². The van der Waals surface area contributed by atoms with Gasteiger partial charge in [0, 0.05) is 24.4 Å². The lowest BCUT2D eigenvalue weighted by atomic mass is 10.2. The average molecular weight is 327 g/mol. The second kappa shape index (κ2) is 6.15. The highest BCUT2D eigenvalue weighted by Gasteiger charge is 2.10. The first kappa shape index (κ1) is 13.3. The first-order valence-electron chi connectivity index (χ1n) is 5.68. The van der Waals surface area contributed by atoms with Crippen molar-refractivity contribution in [1.29, 1.82) is 0 Å². The van der Waals surface area contributed by atoms with E-state index in [1.54, 1.807) is 17.7 Å². The number of nitrogens with zero attached hydrogens (tertiary/aromatic N) is 2. The molecule has 0 spiro atoms. The average Bonchev–Trinajstić information content (AvgIpc) is 2.84. The van der Waals surface area contributed by atoms with Gasteiger partial charge in [0.1, 0.15) is 22.4 Å². The number of hydrogen-bond donors (Lipinski definition) is 2. The van der Waals surface area contributed by atoms with E-state index in [0.717, 1.165) is 22.5 Å². The Labute approximate surface area is 119 Å². The fourth-order valence-electron chi connectivity index (χ4n) is 1.66. The highest BCUT2D eigenvalue weighted by molar-refractivity contribution is 9.10. The minimum atomic E-state index is 0.319. The summed E-state index contributed by atoms with van der Waals surface area (Å²) in [6.45, 7) is 2.15. The lowest BCUT2D eigenvalue weighted by molar-refractivity contribution is 0.792. The van der Waals surface area contributed by atoms with Crippen LogP contribution in [0.3, 0.4) is 0 Å². The zero-order chi connectivity index (χ0) is 13.0. The molecule has 0 aromatic carbocycles. The van der Waals surface area contributed by atoms with Crippen molar-refractivity contribution in [1.82, 2.24) is 9.97 Å². The second-order valence-electron chi connectivity index (χ2n) is 3.96. The van der Waals surface area contributed by atoms with Crippen LogP contribution in [0.4, 0.5) is 11.6 Å². The molecule has 0 saturated carbocycles. The van der Waals surface area contributed by atoms with Gasteiger partial charge < -0.3 is 10.6 Å². The predicted octanol–water partition coefficient (Wildman–Crippen LogP) is 3.39. The maximum Gasteiger partial charge on any atom is 0.146 e. The second-order valence-corrected chi connectivity index (χ2v) is 5.79. The van der Waals surface area contributed by atoms with E-state index >= 15 is 0 Å². The topological polar surface area (TPSA) is 49.8 Å². The predicted molar refractivity (Wildman–Crippen MR) is 80.4 cm³/mol. The normalized spacial score (nSPS) is 12.2. The number of thiophene rings is 1. The van der Waals surface area contributed by atoms with Gasteiger partial charge in [-0.2, -0.15) is 0 Å².